The van der Waals surface area contributed by atoms with Gasteiger partial charge in [0.2, 0.25) is 0 Å². The molecule has 23 heavy (non-hydrogen) atoms. The Hall–Kier alpha value is -1.73. The zero-order chi connectivity index (χ0) is 16.4. The largest absolute Gasteiger partial charge is 0.369 e. The van der Waals surface area contributed by atoms with Gasteiger partial charge in [-0.25, -0.2) is 9.67 Å². The fraction of sp³-hybridized carbons (Fsp3) is 0.688. The summed E-state index contributed by atoms with van der Waals surface area (Å²) < 4.78 is 9.95. The van der Waals surface area contributed by atoms with E-state index in [0.29, 0.717) is 6.54 Å². The van der Waals surface area contributed by atoms with Crippen LogP contribution in [0.25, 0.3) is 0 Å². The molecule has 3 rings (SSSR count). The molecule has 1 saturated heterocycles. The fourth-order valence-electron chi connectivity index (χ4n) is 2.84. The first kappa shape index (κ1) is 16.1. The van der Waals surface area contributed by atoms with Gasteiger partial charge in [-0.3, -0.25) is 0 Å². The lowest BCUT2D eigenvalue weighted by atomic mass is 10.1. The van der Waals surface area contributed by atoms with Crippen molar-refractivity contribution in [1.29, 1.82) is 0 Å². The van der Waals surface area contributed by atoms with Gasteiger partial charge in [-0.1, -0.05) is 5.21 Å². The van der Waals surface area contributed by atoms with Crippen LogP contribution >= 0.6 is 0 Å². The van der Waals surface area contributed by atoms with E-state index < -0.39 is 0 Å². The normalized spacial score (nSPS) is 21.9. The van der Waals surface area contributed by atoms with Crippen molar-refractivity contribution in [2.45, 2.75) is 64.9 Å². The van der Waals surface area contributed by atoms with E-state index in [1.54, 1.807) is 0 Å². The summed E-state index contributed by atoms with van der Waals surface area (Å²) >= 11 is 0. The van der Waals surface area contributed by atoms with Crippen molar-refractivity contribution >= 4 is 0 Å². The maximum absolute atomic E-state index is 5.91. The first-order valence-electron chi connectivity index (χ1n) is 8.26. The Labute approximate surface area is 137 Å². The molecule has 7 nitrogen and oxygen atoms in total. The molecule has 0 aliphatic carbocycles. The van der Waals surface area contributed by atoms with E-state index in [1.807, 2.05) is 23.3 Å². The molecule has 3 heterocycles. The molecule has 2 aromatic rings. The highest BCUT2D eigenvalue weighted by atomic mass is 16.5. The van der Waals surface area contributed by atoms with E-state index in [9.17, 15) is 0 Å². The van der Waals surface area contributed by atoms with Gasteiger partial charge in [0.1, 0.15) is 11.9 Å². The first-order valence-corrected chi connectivity index (χ1v) is 8.26. The van der Waals surface area contributed by atoms with Gasteiger partial charge in [0.05, 0.1) is 17.4 Å². The number of ether oxygens (including phenoxy) is 1. The Morgan fingerprint density at radius 1 is 1.39 bits per heavy atom. The maximum Gasteiger partial charge on any atom is 0.139 e. The van der Waals surface area contributed by atoms with Gasteiger partial charge in [-0.15, -0.1) is 5.10 Å². The topological polar surface area (TPSA) is 69.8 Å². The number of hydrogen-bond donors (Lipinski definition) is 1. The minimum Gasteiger partial charge on any atom is -0.369 e. The lowest BCUT2D eigenvalue weighted by Gasteiger charge is -2.20. The van der Waals surface area contributed by atoms with Crippen LogP contribution in [-0.2, 0) is 23.4 Å². The van der Waals surface area contributed by atoms with E-state index in [0.717, 1.165) is 31.1 Å². The quantitative estimate of drug-likeness (QED) is 0.911. The van der Waals surface area contributed by atoms with Crippen molar-refractivity contribution in [3.8, 4) is 0 Å². The molecule has 1 aliphatic heterocycles. The van der Waals surface area contributed by atoms with E-state index in [1.165, 1.54) is 0 Å². The van der Waals surface area contributed by atoms with E-state index in [4.69, 9.17) is 4.74 Å². The van der Waals surface area contributed by atoms with Gasteiger partial charge in [0.25, 0.3) is 0 Å². The molecule has 0 unspecified atom stereocenters. The Bertz CT molecular complexity index is 641. The number of imidazole rings is 1. The summed E-state index contributed by atoms with van der Waals surface area (Å²) in [7, 11) is 0. The molecule has 1 N–H and O–H groups in total. The average molecular weight is 318 g/mol. The lowest BCUT2D eigenvalue weighted by Crippen LogP contribution is -2.32. The molecule has 7 heteroatoms. The monoisotopic (exact) mass is 318 g/mol. The summed E-state index contributed by atoms with van der Waals surface area (Å²) in [5, 5.41) is 12.0. The first-order chi connectivity index (χ1) is 11.0. The zero-order valence-corrected chi connectivity index (χ0v) is 14.4. The van der Waals surface area contributed by atoms with Gasteiger partial charge in [-0.2, -0.15) is 0 Å². The second-order valence-corrected chi connectivity index (χ2v) is 6.96. The number of nitrogens with zero attached hydrogens (tertiary/aromatic N) is 5. The van der Waals surface area contributed by atoms with Crippen LogP contribution in [-0.4, -0.2) is 37.2 Å². The zero-order valence-electron chi connectivity index (χ0n) is 14.4. The van der Waals surface area contributed by atoms with Crippen molar-refractivity contribution in [1.82, 2.24) is 29.9 Å². The molecule has 0 radical (unpaired) electrons. The van der Waals surface area contributed by atoms with Crippen molar-refractivity contribution in [2.75, 3.05) is 6.61 Å². The highest BCUT2D eigenvalue weighted by molar-refractivity contribution is 5.04. The second kappa shape index (κ2) is 6.41. The highest BCUT2D eigenvalue weighted by Gasteiger charge is 2.32. The highest BCUT2D eigenvalue weighted by Crippen LogP contribution is 2.28. The Morgan fingerprint density at radius 3 is 2.91 bits per heavy atom. The third kappa shape index (κ3) is 3.45. The smallest absolute Gasteiger partial charge is 0.139 e. The third-order valence-electron chi connectivity index (χ3n) is 4.21. The summed E-state index contributed by atoms with van der Waals surface area (Å²) in [6.45, 7) is 10.8. The van der Waals surface area contributed by atoms with Crippen molar-refractivity contribution < 1.29 is 4.74 Å². The number of nitrogens with one attached hydrogen (secondary N) is 1. The molecule has 2 atom stereocenters. The van der Waals surface area contributed by atoms with Crippen LogP contribution in [0.4, 0.5) is 0 Å². The number of hydrogen-bond acceptors (Lipinski definition) is 5. The predicted molar refractivity (Wildman–Crippen MR) is 86.9 cm³/mol. The van der Waals surface area contributed by atoms with Gasteiger partial charge in [-0.05, 0) is 34.1 Å². The van der Waals surface area contributed by atoms with Crippen LogP contribution in [0.15, 0.2) is 18.6 Å². The van der Waals surface area contributed by atoms with Crippen LogP contribution in [0.5, 0.6) is 0 Å². The molecular formula is C16H26N6O. The van der Waals surface area contributed by atoms with E-state index in [-0.39, 0.29) is 17.7 Å². The van der Waals surface area contributed by atoms with Crippen LogP contribution in [0.2, 0.25) is 0 Å². The van der Waals surface area contributed by atoms with Gasteiger partial charge < -0.3 is 14.6 Å². The summed E-state index contributed by atoms with van der Waals surface area (Å²) in [6, 6.07) is 0.252. The summed E-state index contributed by atoms with van der Waals surface area (Å²) in [5.74, 6) is 1.00. The second-order valence-electron chi connectivity index (χ2n) is 6.96. The Kier molecular flexibility index (Phi) is 4.50. The minimum atomic E-state index is -0.0455. The predicted octanol–water partition coefficient (Wildman–Crippen LogP) is 1.87. The molecule has 0 aromatic carbocycles. The summed E-state index contributed by atoms with van der Waals surface area (Å²) in [5.41, 5.74) is 0.903. The minimum absolute atomic E-state index is 0.00242. The molecule has 126 valence electrons. The van der Waals surface area contributed by atoms with Crippen molar-refractivity contribution in [2.24, 2.45) is 0 Å². The molecule has 1 fully saturated rings. The Morgan fingerprint density at radius 2 is 2.22 bits per heavy atom. The van der Waals surface area contributed by atoms with Gasteiger partial charge in [0.15, 0.2) is 0 Å². The van der Waals surface area contributed by atoms with Crippen molar-refractivity contribution in [3.05, 3.63) is 30.1 Å². The van der Waals surface area contributed by atoms with Crippen LogP contribution < -0.4 is 5.32 Å². The number of aryl methyl sites for hydroxylation is 1. The lowest BCUT2D eigenvalue weighted by molar-refractivity contribution is 0.0885. The third-order valence-corrected chi connectivity index (χ3v) is 4.21. The number of rotatable bonds is 5. The van der Waals surface area contributed by atoms with E-state index in [2.05, 4.69) is 52.9 Å². The maximum atomic E-state index is 5.91. The summed E-state index contributed by atoms with van der Waals surface area (Å²) in [6.07, 6.45) is 6.83. The van der Waals surface area contributed by atoms with Gasteiger partial charge >= 0.3 is 0 Å². The number of aromatic nitrogens is 5. The van der Waals surface area contributed by atoms with Crippen molar-refractivity contribution in [3.63, 3.8) is 0 Å². The van der Waals surface area contributed by atoms with Crippen LogP contribution in [0, 0.1) is 0 Å². The summed E-state index contributed by atoms with van der Waals surface area (Å²) in [4.78, 5) is 4.48. The van der Waals surface area contributed by atoms with Gasteiger partial charge in [0, 0.05) is 38.1 Å². The van der Waals surface area contributed by atoms with Crippen LogP contribution in [0.3, 0.4) is 0 Å². The van der Waals surface area contributed by atoms with E-state index >= 15 is 0 Å². The van der Waals surface area contributed by atoms with Crippen LogP contribution in [0.1, 0.15) is 51.7 Å². The fourth-order valence-corrected chi connectivity index (χ4v) is 2.84. The molecule has 0 bridgehead atoms. The molecule has 2 aromatic heterocycles. The molecule has 1 aliphatic rings. The standard InChI is InChI=1S/C16H26N6O/c1-5-21-8-7-17-15(21)14-13(6-9-23-14)18-10-12-11-22(20-19-12)16(2,3)4/h7-8,11,13-14,18H,5-6,9-10H2,1-4H3/t13-,14-/m0/s1. The molecule has 0 spiro atoms. The molecular weight excluding hydrogens is 292 g/mol. The SMILES string of the molecule is CCn1ccnc1[C@H]1OCC[C@@H]1NCc1cn(C(C)(C)C)nn1. The molecule has 0 saturated carbocycles. The molecule has 0 amide bonds. The average Bonchev–Trinajstić information content (AvgIpc) is 3.23. The Balaban J connectivity index is 1.64.